The number of carbonyl (C=O) groups excluding carboxylic acids is 2. The number of primary amides is 1. The number of likely N-dealkylation sites (tertiary alicyclic amines) is 1. The van der Waals surface area contributed by atoms with Crippen molar-refractivity contribution in [2.24, 2.45) is 16.8 Å². The lowest BCUT2D eigenvalue weighted by Gasteiger charge is -2.31. The van der Waals surface area contributed by atoms with Gasteiger partial charge in [-0.2, -0.15) is 5.10 Å². The van der Waals surface area contributed by atoms with Crippen molar-refractivity contribution in [3.8, 4) is 17.2 Å². The Bertz CT molecular complexity index is 1110. The lowest BCUT2D eigenvalue weighted by atomic mass is 9.96. The number of rotatable bonds is 6. The van der Waals surface area contributed by atoms with Crippen LogP contribution in [0.15, 0.2) is 47.6 Å². The van der Waals surface area contributed by atoms with E-state index in [1.165, 1.54) is 0 Å². The lowest BCUT2D eigenvalue weighted by molar-refractivity contribution is -0.134. The van der Waals surface area contributed by atoms with E-state index in [2.05, 4.69) is 4.90 Å². The standard InChI is InChI=1S/C25H28N4O5/c1-32-19-5-2-16(3-6-19)20-13-21(18-4-7-22-23(12-18)34-15-33-22)29(27-20)24(30)14-28-10-8-17(9-11-28)25(26)31/h2-7,12,17,21H,8-11,13-15H2,1H3,(H2,26,31). The summed E-state index contributed by atoms with van der Waals surface area (Å²) in [4.78, 5) is 27.0. The summed E-state index contributed by atoms with van der Waals surface area (Å²) in [6.45, 7) is 1.76. The van der Waals surface area contributed by atoms with Gasteiger partial charge in [0.15, 0.2) is 11.5 Å². The number of piperidine rings is 1. The number of carbonyl (C=O) groups is 2. The molecule has 1 saturated heterocycles. The van der Waals surface area contributed by atoms with Crippen molar-refractivity contribution in [2.45, 2.75) is 25.3 Å². The minimum atomic E-state index is -0.262. The predicted octanol–water partition coefficient (Wildman–Crippen LogP) is 2.30. The quantitative estimate of drug-likeness (QED) is 0.703. The van der Waals surface area contributed by atoms with Crippen molar-refractivity contribution < 1.29 is 23.8 Å². The molecule has 1 unspecified atom stereocenters. The molecule has 3 aliphatic rings. The van der Waals surface area contributed by atoms with E-state index in [1.807, 2.05) is 42.5 Å². The van der Waals surface area contributed by atoms with Crippen molar-refractivity contribution >= 4 is 17.5 Å². The van der Waals surface area contributed by atoms with Gasteiger partial charge in [-0.3, -0.25) is 14.5 Å². The summed E-state index contributed by atoms with van der Waals surface area (Å²) in [6, 6.07) is 13.2. The normalized spacial score (nSPS) is 20.3. The summed E-state index contributed by atoms with van der Waals surface area (Å²) in [5, 5.41) is 6.36. The van der Waals surface area contributed by atoms with E-state index in [0.717, 1.165) is 22.6 Å². The van der Waals surface area contributed by atoms with Crippen molar-refractivity contribution in [3.63, 3.8) is 0 Å². The molecule has 1 atom stereocenters. The first kappa shape index (κ1) is 22.2. The molecule has 1 fully saturated rings. The average molecular weight is 465 g/mol. The molecule has 2 amide bonds. The minimum Gasteiger partial charge on any atom is -0.497 e. The van der Waals surface area contributed by atoms with Gasteiger partial charge in [0.05, 0.1) is 25.4 Å². The van der Waals surface area contributed by atoms with Crippen LogP contribution >= 0.6 is 0 Å². The van der Waals surface area contributed by atoms with E-state index in [0.29, 0.717) is 43.9 Å². The molecule has 2 N–H and O–H groups in total. The lowest BCUT2D eigenvalue weighted by Crippen LogP contribution is -2.44. The van der Waals surface area contributed by atoms with Crippen LogP contribution in [0.4, 0.5) is 0 Å². The average Bonchev–Trinajstić information content (AvgIpc) is 3.51. The number of ether oxygens (including phenoxy) is 3. The van der Waals surface area contributed by atoms with Crippen LogP contribution in [0.1, 0.15) is 36.4 Å². The molecule has 9 nitrogen and oxygen atoms in total. The fourth-order valence-electron chi connectivity index (χ4n) is 4.72. The maximum absolute atomic E-state index is 13.4. The molecule has 0 saturated carbocycles. The molecule has 0 aromatic heterocycles. The Kier molecular flexibility index (Phi) is 6.10. The van der Waals surface area contributed by atoms with Crippen LogP contribution in [0.25, 0.3) is 0 Å². The first-order valence-corrected chi connectivity index (χ1v) is 11.5. The maximum atomic E-state index is 13.4. The molecule has 178 valence electrons. The molecule has 0 aliphatic carbocycles. The molecule has 3 aliphatic heterocycles. The smallest absolute Gasteiger partial charge is 0.257 e. The van der Waals surface area contributed by atoms with Crippen LogP contribution in [0.2, 0.25) is 0 Å². The summed E-state index contributed by atoms with van der Waals surface area (Å²) in [5.41, 5.74) is 8.18. The highest BCUT2D eigenvalue weighted by molar-refractivity contribution is 6.03. The Morgan fingerprint density at radius 3 is 2.53 bits per heavy atom. The van der Waals surface area contributed by atoms with Crippen LogP contribution in [0, 0.1) is 5.92 Å². The Morgan fingerprint density at radius 2 is 1.82 bits per heavy atom. The van der Waals surface area contributed by atoms with Crippen LogP contribution in [0.3, 0.4) is 0 Å². The van der Waals surface area contributed by atoms with Crippen LogP contribution < -0.4 is 19.9 Å². The second kappa shape index (κ2) is 9.34. The first-order valence-electron chi connectivity index (χ1n) is 11.5. The van der Waals surface area contributed by atoms with Gasteiger partial charge in [0.25, 0.3) is 5.91 Å². The third kappa shape index (κ3) is 4.43. The van der Waals surface area contributed by atoms with Crippen molar-refractivity contribution in [2.75, 3.05) is 33.5 Å². The number of benzene rings is 2. The van der Waals surface area contributed by atoms with E-state index in [1.54, 1.807) is 12.1 Å². The number of amides is 2. The van der Waals surface area contributed by atoms with Gasteiger partial charge in [0.2, 0.25) is 12.7 Å². The number of hydrazone groups is 1. The Hall–Kier alpha value is -3.59. The molecule has 5 rings (SSSR count). The van der Waals surface area contributed by atoms with E-state index >= 15 is 0 Å². The van der Waals surface area contributed by atoms with E-state index in [-0.39, 0.29) is 37.1 Å². The molecule has 0 bridgehead atoms. The molecule has 9 heteroatoms. The van der Waals surface area contributed by atoms with Crippen LogP contribution in [0.5, 0.6) is 17.2 Å². The maximum Gasteiger partial charge on any atom is 0.257 e. The topological polar surface area (TPSA) is 107 Å². The van der Waals surface area contributed by atoms with Gasteiger partial charge in [-0.15, -0.1) is 0 Å². The highest BCUT2D eigenvalue weighted by atomic mass is 16.7. The fraction of sp³-hybridized carbons (Fsp3) is 0.400. The summed E-state index contributed by atoms with van der Waals surface area (Å²) in [6.07, 6.45) is 1.94. The van der Waals surface area contributed by atoms with Crippen molar-refractivity contribution in [1.29, 1.82) is 0 Å². The first-order chi connectivity index (χ1) is 16.5. The summed E-state index contributed by atoms with van der Waals surface area (Å²) in [7, 11) is 1.63. The summed E-state index contributed by atoms with van der Waals surface area (Å²) in [5.74, 6) is 1.69. The molecule has 2 aromatic rings. The monoisotopic (exact) mass is 464 g/mol. The summed E-state index contributed by atoms with van der Waals surface area (Å²) < 4.78 is 16.3. The molecule has 2 aromatic carbocycles. The SMILES string of the molecule is COc1ccc(C2=NN(C(=O)CN3CCC(C(N)=O)CC3)C(c3ccc4c(c3)OCO4)C2)cc1. The molecule has 3 heterocycles. The number of hydrogen-bond acceptors (Lipinski definition) is 7. The van der Waals surface area contributed by atoms with Gasteiger partial charge < -0.3 is 19.9 Å². The van der Waals surface area contributed by atoms with Gasteiger partial charge >= 0.3 is 0 Å². The Balaban J connectivity index is 1.37. The zero-order valence-corrected chi connectivity index (χ0v) is 19.1. The number of nitrogens with two attached hydrogens (primary N) is 1. The van der Waals surface area contributed by atoms with Crippen LogP contribution in [-0.4, -0.2) is 61.0 Å². The molecule has 0 spiro atoms. The molecule has 0 radical (unpaired) electrons. The fourth-order valence-corrected chi connectivity index (χ4v) is 4.72. The zero-order chi connectivity index (χ0) is 23.7. The minimum absolute atomic E-state index is 0.0799. The Morgan fingerprint density at radius 1 is 1.09 bits per heavy atom. The van der Waals surface area contributed by atoms with Gasteiger partial charge in [0, 0.05) is 12.3 Å². The highest BCUT2D eigenvalue weighted by Gasteiger charge is 2.35. The third-order valence-corrected chi connectivity index (χ3v) is 6.72. The Labute approximate surface area is 198 Å². The largest absolute Gasteiger partial charge is 0.497 e. The van der Waals surface area contributed by atoms with Crippen molar-refractivity contribution in [3.05, 3.63) is 53.6 Å². The molecule has 34 heavy (non-hydrogen) atoms. The zero-order valence-electron chi connectivity index (χ0n) is 19.1. The molecular formula is C25H28N4O5. The second-order valence-electron chi connectivity index (χ2n) is 8.80. The summed E-state index contributed by atoms with van der Waals surface area (Å²) >= 11 is 0. The van der Waals surface area contributed by atoms with Gasteiger partial charge in [-0.1, -0.05) is 6.07 Å². The van der Waals surface area contributed by atoms with Crippen molar-refractivity contribution in [1.82, 2.24) is 9.91 Å². The number of fused-ring (bicyclic) bond motifs is 1. The van der Waals surface area contributed by atoms with Gasteiger partial charge in [-0.25, -0.2) is 5.01 Å². The van der Waals surface area contributed by atoms with Gasteiger partial charge in [0.1, 0.15) is 5.75 Å². The van der Waals surface area contributed by atoms with E-state index < -0.39 is 0 Å². The number of nitrogens with zero attached hydrogens (tertiary/aromatic N) is 3. The highest BCUT2D eigenvalue weighted by Crippen LogP contribution is 2.39. The van der Waals surface area contributed by atoms with E-state index in [9.17, 15) is 9.59 Å². The van der Waals surface area contributed by atoms with E-state index in [4.69, 9.17) is 25.0 Å². The number of hydrogen-bond donors (Lipinski definition) is 1. The second-order valence-corrected chi connectivity index (χ2v) is 8.80. The van der Waals surface area contributed by atoms with Gasteiger partial charge in [-0.05, 0) is 73.5 Å². The predicted molar refractivity (Wildman–Crippen MR) is 125 cm³/mol. The number of methoxy groups -OCH3 is 1. The van der Waals surface area contributed by atoms with Crippen LogP contribution in [-0.2, 0) is 9.59 Å². The molecular weight excluding hydrogens is 436 g/mol. The third-order valence-electron chi connectivity index (χ3n) is 6.72.